The molecule has 0 aliphatic heterocycles. The van der Waals surface area contributed by atoms with Gasteiger partial charge in [0.25, 0.3) is 5.91 Å². The van der Waals surface area contributed by atoms with Gasteiger partial charge in [0.1, 0.15) is 23.9 Å². The van der Waals surface area contributed by atoms with E-state index in [1.165, 1.54) is 5.56 Å². The molecule has 1 aliphatic carbocycles. The molecule has 0 heterocycles. The Morgan fingerprint density at radius 1 is 0.720 bits per heavy atom. The molecule has 0 bridgehead atoms. The quantitative estimate of drug-likeness (QED) is 0.131. The number of amides is 2. The van der Waals surface area contributed by atoms with Crippen molar-refractivity contribution in [2.45, 2.75) is 38.3 Å². The lowest BCUT2D eigenvalue weighted by Gasteiger charge is -2.23. The Morgan fingerprint density at radius 2 is 1.34 bits per heavy atom. The number of hydrogen-bond donors (Lipinski definition) is 2. The summed E-state index contributed by atoms with van der Waals surface area (Å²) in [6, 6.07) is 36.6. The van der Waals surface area contributed by atoms with Gasteiger partial charge in [-0.05, 0) is 76.6 Å². The van der Waals surface area contributed by atoms with E-state index in [4.69, 9.17) is 18.9 Å². The normalized spacial score (nSPS) is 13.0. The number of methoxy groups -OCH3 is 2. The van der Waals surface area contributed by atoms with Crippen LogP contribution in [0.3, 0.4) is 0 Å². The zero-order chi connectivity index (χ0) is 35.0. The van der Waals surface area contributed by atoms with Gasteiger partial charge < -0.3 is 29.6 Å². The second-order valence-corrected chi connectivity index (χ2v) is 12.3. The van der Waals surface area contributed by atoms with Crippen molar-refractivity contribution in [3.63, 3.8) is 0 Å². The standard InChI is InChI=1S/C42H42N2O6/c1-5-28-14-16-29(17-15-28)27(2)43-40(45)26-49-31-20-18-30(19-21-31)41(37-23-22-32(47-3)24-39(37)48-4)44-42(46)50-25-38-35-12-8-6-10-33(35)34-11-7-9-13-36(34)38/h6-24,27,38,41H,5,25-26H2,1-4H3,(H,43,45)(H,44,46)/t27-,41+/m0/s1. The van der Waals surface area contributed by atoms with Gasteiger partial charge in [-0.15, -0.1) is 0 Å². The Morgan fingerprint density at radius 3 is 1.96 bits per heavy atom. The third kappa shape index (κ3) is 7.60. The average Bonchev–Trinajstić information content (AvgIpc) is 3.48. The van der Waals surface area contributed by atoms with Crippen LogP contribution in [0.1, 0.15) is 65.2 Å². The fourth-order valence-electron chi connectivity index (χ4n) is 6.47. The Hall–Kier alpha value is -5.76. The first-order valence-electron chi connectivity index (χ1n) is 16.8. The van der Waals surface area contributed by atoms with Crippen LogP contribution in [0.5, 0.6) is 17.2 Å². The van der Waals surface area contributed by atoms with Crippen LogP contribution in [0.25, 0.3) is 11.1 Å². The highest BCUT2D eigenvalue weighted by molar-refractivity contribution is 5.79. The van der Waals surface area contributed by atoms with Gasteiger partial charge in [-0.3, -0.25) is 4.79 Å². The summed E-state index contributed by atoms with van der Waals surface area (Å²) < 4.78 is 22.9. The number of carbonyl (C=O) groups is 2. The number of hydrogen-bond acceptors (Lipinski definition) is 6. The van der Waals surface area contributed by atoms with Gasteiger partial charge in [0.2, 0.25) is 0 Å². The molecule has 8 heteroatoms. The van der Waals surface area contributed by atoms with Crippen molar-refractivity contribution in [1.29, 1.82) is 0 Å². The van der Waals surface area contributed by atoms with Crippen LogP contribution in [-0.2, 0) is 16.0 Å². The van der Waals surface area contributed by atoms with Crippen LogP contribution in [0.4, 0.5) is 4.79 Å². The van der Waals surface area contributed by atoms with Gasteiger partial charge in [0.05, 0.1) is 26.3 Å². The molecule has 2 N–H and O–H groups in total. The summed E-state index contributed by atoms with van der Waals surface area (Å²) in [4.78, 5) is 26.2. The smallest absolute Gasteiger partial charge is 0.407 e. The molecule has 6 rings (SSSR count). The molecule has 0 unspecified atom stereocenters. The van der Waals surface area contributed by atoms with Gasteiger partial charge in [-0.1, -0.05) is 91.9 Å². The first-order valence-corrected chi connectivity index (χ1v) is 16.8. The molecule has 5 aromatic rings. The second kappa shape index (κ2) is 15.6. The summed E-state index contributed by atoms with van der Waals surface area (Å²) in [7, 11) is 3.16. The lowest BCUT2D eigenvalue weighted by Crippen LogP contribution is -2.31. The van der Waals surface area contributed by atoms with Gasteiger partial charge in [0, 0.05) is 17.5 Å². The number of benzene rings is 5. The fraction of sp³-hybridized carbons (Fsp3) is 0.238. The zero-order valence-electron chi connectivity index (χ0n) is 28.8. The van der Waals surface area contributed by atoms with Crippen molar-refractivity contribution in [2.75, 3.05) is 27.4 Å². The van der Waals surface area contributed by atoms with Crippen LogP contribution < -0.4 is 24.8 Å². The third-order valence-corrected chi connectivity index (χ3v) is 9.21. The molecule has 1 aliphatic rings. The summed E-state index contributed by atoms with van der Waals surface area (Å²) in [6.07, 6.45) is 0.401. The van der Waals surface area contributed by atoms with E-state index in [2.05, 4.69) is 54.0 Å². The summed E-state index contributed by atoms with van der Waals surface area (Å²) in [5, 5.41) is 6.05. The van der Waals surface area contributed by atoms with Crippen LogP contribution in [0.15, 0.2) is 115 Å². The third-order valence-electron chi connectivity index (χ3n) is 9.21. The van der Waals surface area contributed by atoms with E-state index in [-0.39, 0.29) is 31.1 Å². The maximum Gasteiger partial charge on any atom is 0.407 e. The molecule has 0 aromatic heterocycles. The number of ether oxygens (including phenoxy) is 4. The van der Waals surface area contributed by atoms with E-state index in [0.717, 1.165) is 45.4 Å². The number of carbonyl (C=O) groups excluding carboxylic acids is 2. The Bertz CT molecular complexity index is 1890. The Balaban J connectivity index is 1.14. The number of nitrogens with one attached hydrogen (secondary N) is 2. The number of aryl methyl sites for hydroxylation is 1. The van der Waals surface area contributed by atoms with E-state index >= 15 is 0 Å². The second-order valence-electron chi connectivity index (χ2n) is 12.3. The van der Waals surface area contributed by atoms with Crippen molar-refractivity contribution < 1.29 is 28.5 Å². The molecule has 0 spiro atoms. The van der Waals surface area contributed by atoms with Crippen molar-refractivity contribution in [1.82, 2.24) is 10.6 Å². The topological polar surface area (TPSA) is 95.1 Å². The minimum absolute atomic E-state index is 0.0691. The molecule has 8 nitrogen and oxygen atoms in total. The van der Waals surface area contributed by atoms with Gasteiger partial charge in [-0.25, -0.2) is 4.79 Å². The molecule has 50 heavy (non-hydrogen) atoms. The van der Waals surface area contributed by atoms with Gasteiger partial charge in [0.15, 0.2) is 6.61 Å². The summed E-state index contributed by atoms with van der Waals surface area (Å²) in [6.45, 7) is 4.11. The highest BCUT2D eigenvalue weighted by Crippen LogP contribution is 2.44. The van der Waals surface area contributed by atoms with Crippen molar-refractivity contribution in [2.24, 2.45) is 0 Å². The fourth-order valence-corrected chi connectivity index (χ4v) is 6.47. The summed E-state index contributed by atoms with van der Waals surface area (Å²) in [5.74, 6) is 1.40. The number of alkyl carbamates (subject to hydrolysis) is 1. The number of rotatable bonds is 13. The molecule has 5 aromatic carbocycles. The predicted molar refractivity (Wildman–Crippen MR) is 194 cm³/mol. The minimum atomic E-state index is -0.621. The molecule has 2 atom stereocenters. The molecular weight excluding hydrogens is 628 g/mol. The highest BCUT2D eigenvalue weighted by atomic mass is 16.5. The van der Waals surface area contributed by atoms with Gasteiger partial charge >= 0.3 is 6.09 Å². The lowest BCUT2D eigenvalue weighted by molar-refractivity contribution is -0.123. The molecule has 0 saturated heterocycles. The maximum absolute atomic E-state index is 13.5. The van der Waals surface area contributed by atoms with Crippen molar-refractivity contribution >= 4 is 12.0 Å². The first kappa shape index (κ1) is 34.1. The molecular formula is C42H42N2O6. The molecule has 0 radical (unpaired) electrons. The van der Waals surface area contributed by atoms with Crippen LogP contribution in [0.2, 0.25) is 0 Å². The largest absolute Gasteiger partial charge is 0.497 e. The van der Waals surface area contributed by atoms with E-state index in [1.807, 2.05) is 67.6 Å². The Kier molecular flexibility index (Phi) is 10.7. The lowest BCUT2D eigenvalue weighted by atomic mass is 9.97. The molecule has 256 valence electrons. The predicted octanol–water partition coefficient (Wildman–Crippen LogP) is 8.15. The first-order chi connectivity index (χ1) is 24.4. The number of fused-ring (bicyclic) bond motifs is 3. The monoisotopic (exact) mass is 670 g/mol. The van der Waals surface area contributed by atoms with E-state index in [9.17, 15) is 9.59 Å². The van der Waals surface area contributed by atoms with Crippen molar-refractivity contribution in [3.8, 4) is 28.4 Å². The molecule has 2 amide bonds. The average molecular weight is 671 g/mol. The van der Waals surface area contributed by atoms with Crippen molar-refractivity contribution in [3.05, 3.63) is 149 Å². The van der Waals surface area contributed by atoms with E-state index < -0.39 is 12.1 Å². The van der Waals surface area contributed by atoms with Gasteiger partial charge in [-0.2, -0.15) is 0 Å². The minimum Gasteiger partial charge on any atom is -0.497 e. The van der Waals surface area contributed by atoms with Crippen LogP contribution in [-0.4, -0.2) is 39.4 Å². The Labute approximate surface area is 293 Å². The maximum atomic E-state index is 13.5. The highest BCUT2D eigenvalue weighted by Gasteiger charge is 2.30. The van der Waals surface area contributed by atoms with E-state index in [1.54, 1.807) is 32.4 Å². The SMILES string of the molecule is CCc1ccc([C@H](C)NC(=O)COc2ccc([C@@H](NC(=O)OCC3c4ccccc4-c4ccccc43)c3ccc(OC)cc3OC)cc2)cc1. The molecule has 0 fully saturated rings. The summed E-state index contributed by atoms with van der Waals surface area (Å²) in [5.41, 5.74) is 8.36. The summed E-state index contributed by atoms with van der Waals surface area (Å²) >= 11 is 0. The van der Waals surface area contributed by atoms with E-state index in [0.29, 0.717) is 17.2 Å². The molecule has 0 saturated carbocycles. The van der Waals surface area contributed by atoms with Crippen LogP contribution >= 0.6 is 0 Å². The van der Waals surface area contributed by atoms with Crippen LogP contribution in [0, 0.1) is 0 Å². The zero-order valence-corrected chi connectivity index (χ0v) is 28.8.